The van der Waals surface area contributed by atoms with Crippen LogP contribution in [0.15, 0.2) is 18.2 Å². The summed E-state index contributed by atoms with van der Waals surface area (Å²) < 4.78 is 11.4. The van der Waals surface area contributed by atoms with Crippen molar-refractivity contribution < 1.29 is 9.47 Å². The van der Waals surface area contributed by atoms with Crippen LogP contribution in [0, 0.1) is 0 Å². The molecule has 0 saturated heterocycles. The average molecular weight is 256 g/mol. The van der Waals surface area contributed by atoms with Crippen molar-refractivity contribution in [3.63, 3.8) is 0 Å². The second-order valence-electron chi connectivity index (χ2n) is 4.79. The van der Waals surface area contributed by atoms with Crippen LogP contribution in [0.2, 0.25) is 5.02 Å². The molecule has 94 valence electrons. The molecular weight excluding hydrogens is 238 g/mol. The maximum Gasteiger partial charge on any atom is 0.134 e. The van der Waals surface area contributed by atoms with Crippen molar-refractivity contribution >= 4 is 11.6 Å². The Labute approximate surface area is 107 Å². The third kappa shape index (κ3) is 2.28. The van der Waals surface area contributed by atoms with Crippen molar-refractivity contribution in [2.45, 2.75) is 38.0 Å². The van der Waals surface area contributed by atoms with Crippen LogP contribution in [0.25, 0.3) is 0 Å². The van der Waals surface area contributed by atoms with Gasteiger partial charge < -0.3 is 15.2 Å². The van der Waals surface area contributed by atoms with E-state index in [-0.39, 0.29) is 12.1 Å². The zero-order chi connectivity index (χ0) is 12.6. The molecule has 1 aliphatic heterocycles. The van der Waals surface area contributed by atoms with E-state index in [0.29, 0.717) is 5.02 Å². The fourth-order valence-corrected chi connectivity index (χ4v) is 2.42. The first-order valence-electron chi connectivity index (χ1n) is 5.73. The standard InChI is InChI=1S/C13H18ClNO2/c1-8(16-3)13(2)7-11(15)10-6-9(14)4-5-12(10)17-13/h4-6,8,11H,7,15H2,1-3H3. The molecule has 0 spiro atoms. The number of methoxy groups -OCH3 is 1. The Hall–Kier alpha value is -0.770. The Kier molecular flexibility index (Phi) is 3.34. The number of ether oxygens (including phenoxy) is 2. The molecule has 3 unspecified atom stereocenters. The van der Waals surface area contributed by atoms with Crippen LogP contribution in [0.3, 0.4) is 0 Å². The van der Waals surface area contributed by atoms with Crippen molar-refractivity contribution in [2.24, 2.45) is 5.73 Å². The van der Waals surface area contributed by atoms with E-state index in [9.17, 15) is 0 Å². The summed E-state index contributed by atoms with van der Waals surface area (Å²) >= 11 is 5.97. The van der Waals surface area contributed by atoms with Crippen LogP contribution in [-0.4, -0.2) is 18.8 Å². The van der Waals surface area contributed by atoms with Gasteiger partial charge in [0.15, 0.2) is 0 Å². The maximum atomic E-state index is 6.19. The largest absolute Gasteiger partial charge is 0.484 e. The van der Waals surface area contributed by atoms with Gasteiger partial charge in [0.05, 0.1) is 6.10 Å². The Morgan fingerprint density at radius 3 is 2.94 bits per heavy atom. The summed E-state index contributed by atoms with van der Waals surface area (Å²) in [7, 11) is 1.68. The summed E-state index contributed by atoms with van der Waals surface area (Å²) in [6, 6.07) is 5.49. The van der Waals surface area contributed by atoms with Gasteiger partial charge in [0.25, 0.3) is 0 Å². The molecule has 0 fully saturated rings. The lowest BCUT2D eigenvalue weighted by molar-refractivity contribution is -0.0707. The normalized spacial score (nSPS) is 29.4. The van der Waals surface area contributed by atoms with E-state index in [1.54, 1.807) is 7.11 Å². The van der Waals surface area contributed by atoms with Crippen LogP contribution in [-0.2, 0) is 4.74 Å². The van der Waals surface area contributed by atoms with Crippen molar-refractivity contribution in [1.82, 2.24) is 0 Å². The van der Waals surface area contributed by atoms with Gasteiger partial charge in [0.1, 0.15) is 11.4 Å². The molecule has 4 heteroatoms. The average Bonchev–Trinajstić information content (AvgIpc) is 2.29. The molecule has 1 aliphatic rings. The molecule has 1 aromatic rings. The van der Waals surface area contributed by atoms with Crippen LogP contribution < -0.4 is 10.5 Å². The third-order valence-electron chi connectivity index (χ3n) is 3.55. The topological polar surface area (TPSA) is 44.5 Å². The predicted octanol–water partition coefficient (Wildman–Crippen LogP) is 2.92. The van der Waals surface area contributed by atoms with Crippen LogP contribution in [0.5, 0.6) is 5.75 Å². The van der Waals surface area contributed by atoms with E-state index in [4.69, 9.17) is 26.8 Å². The summed E-state index contributed by atoms with van der Waals surface area (Å²) in [6.45, 7) is 4.02. The van der Waals surface area contributed by atoms with Gasteiger partial charge in [-0.1, -0.05) is 11.6 Å². The molecular formula is C13H18ClNO2. The van der Waals surface area contributed by atoms with E-state index < -0.39 is 5.60 Å². The summed E-state index contributed by atoms with van der Waals surface area (Å²) in [4.78, 5) is 0. The van der Waals surface area contributed by atoms with Gasteiger partial charge in [-0.05, 0) is 32.0 Å². The van der Waals surface area contributed by atoms with E-state index in [1.807, 2.05) is 32.0 Å². The molecule has 3 nitrogen and oxygen atoms in total. The number of rotatable bonds is 2. The zero-order valence-electron chi connectivity index (χ0n) is 10.4. The van der Waals surface area contributed by atoms with Gasteiger partial charge in [-0.2, -0.15) is 0 Å². The van der Waals surface area contributed by atoms with Gasteiger partial charge in [-0.15, -0.1) is 0 Å². The Morgan fingerprint density at radius 2 is 2.29 bits per heavy atom. The van der Waals surface area contributed by atoms with E-state index in [0.717, 1.165) is 17.7 Å². The lowest BCUT2D eigenvalue weighted by Crippen LogP contribution is -2.49. The second kappa shape index (κ2) is 4.48. The minimum Gasteiger partial charge on any atom is -0.484 e. The Balaban J connectivity index is 2.36. The molecule has 3 atom stereocenters. The number of fused-ring (bicyclic) bond motifs is 1. The SMILES string of the molecule is COC(C)C1(C)CC(N)c2cc(Cl)ccc2O1. The van der Waals surface area contributed by atoms with E-state index >= 15 is 0 Å². The fraction of sp³-hybridized carbons (Fsp3) is 0.538. The highest BCUT2D eigenvalue weighted by molar-refractivity contribution is 6.30. The number of nitrogens with two attached hydrogens (primary N) is 1. The molecule has 1 heterocycles. The predicted molar refractivity (Wildman–Crippen MR) is 68.5 cm³/mol. The van der Waals surface area contributed by atoms with Gasteiger partial charge >= 0.3 is 0 Å². The number of benzene rings is 1. The molecule has 0 bridgehead atoms. The van der Waals surface area contributed by atoms with E-state index in [2.05, 4.69) is 0 Å². The lowest BCUT2D eigenvalue weighted by Gasteiger charge is -2.41. The second-order valence-corrected chi connectivity index (χ2v) is 5.22. The van der Waals surface area contributed by atoms with Gasteiger partial charge in [-0.25, -0.2) is 0 Å². The Bertz CT molecular complexity index is 424. The highest BCUT2D eigenvalue weighted by Crippen LogP contribution is 2.41. The highest BCUT2D eigenvalue weighted by Gasteiger charge is 2.40. The smallest absolute Gasteiger partial charge is 0.134 e. The third-order valence-corrected chi connectivity index (χ3v) is 3.79. The van der Waals surface area contributed by atoms with E-state index in [1.165, 1.54) is 0 Å². The molecule has 0 radical (unpaired) electrons. The molecule has 2 rings (SSSR count). The quantitative estimate of drug-likeness (QED) is 0.884. The minimum absolute atomic E-state index is 0.0163. The molecule has 0 aromatic heterocycles. The lowest BCUT2D eigenvalue weighted by atomic mass is 9.85. The van der Waals surface area contributed by atoms with Crippen molar-refractivity contribution in [2.75, 3.05) is 7.11 Å². The zero-order valence-corrected chi connectivity index (χ0v) is 11.1. The first-order chi connectivity index (χ1) is 7.96. The molecule has 0 saturated carbocycles. The summed E-state index contributed by atoms with van der Waals surface area (Å²) in [5.41, 5.74) is 6.77. The van der Waals surface area contributed by atoms with Crippen molar-refractivity contribution in [3.05, 3.63) is 28.8 Å². The maximum absolute atomic E-state index is 6.19. The summed E-state index contributed by atoms with van der Waals surface area (Å²) in [5.74, 6) is 0.805. The minimum atomic E-state index is -0.394. The number of hydrogen-bond donors (Lipinski definition) is 1. The Morgan fingerprint density at radius 1 is 1.59 bits per heavy atom. The monoisotopic (exact) mass is 255 g/mol. The molecule has 2 N–H and O–H groups in total. The van der Waals surface area contributed by atoms with Crippen molar-refractivity contribution in [1.29, 1.82) is 0 Å². The van der Waals surface area contributed by atoms with Crippen LogP contribution in [0.4, 0.5) is 0 Å². The first kappa shape index (κ1) is 12.7. The molecule has 0 amide bonds. The molecule has 0 aliphatic carbocycles. The van der Waals surface area contributed by atoms with Gasteiger partial charge in [-0.3, -0.25) is 0 Å². The number of hydrogen-bond acceptors (Lipinski definition) is 3. The van der Waals surface area contributed by atoms with Crippen LogP contribution >= 0.6 is 11.6 Å². The highest BCUT2D eigenvalue weighted by atomic mass is 35.5. The van der Waals surface area contributed by atoms with Crippen LogP contribution in [0.1, 0.15) is 31.9 Å². The number of halogens is 1. The first-order valence-corrected chi connectivity index (χ1v) is 6.11. The fourth-order valence-electron chi connectivity index (χ4n) is 2.24. The van der Waals surface area contributed by atoms with Gasteiger partial charge in [0, 0.05) is 30.2 Å². The molecule has 17 heavy (non-hydrogen) atoms. The van der Waals surface area contributed by atoms with Crippen molar-refractivity contribution in [3.8, 4) is 5.75 Å². The summed E-state index contributed by atoms with van der Waals surface area (Å²) in [5, 5.41) is 0.686. The van der Waals surface area contributed by atoms with Gasteiger partial charge in [0.2, 0.25) is 0 Å². The summed E-state index contributed by atoms with van der Waals surface area (Å²) in [6.07, 6.45) is 0.701. The molecule has 1 aromatic carbocycles.